The molecule has 0 bridgehead atoms. The maximum Gasteiger partial charge on any atom is 0.410 e. The average molecular weight is 464 g/mol. The standard InChI is InChI=1S/C22H23Cl2N3O4/c1-22(2,3)31-21(29)26-9-10-30-19(14-6-7-16(23)17(24)11-14)18(13-26)27-8-4-5-15(12-25)20(27)28/h4-8,11,18-19H,9-10,13H2,1-3H3. The molecule has 2 aromatic rings. The Kier molecular flexibility index (Phi) is 6.95. The van der Waals surface area contributed by atoms with Gasteiger partial charge in [-0.15, -0.1) is 0 Å². The highest BCUT2D eigenvalue weighted by Crippen LogP contribution is 2.35. The van der Waals surface area contributed by atoms with Crippen molar-refractivity contribution in [2.24, 2.45) is 0 Å². The number of nitrogens with zero attached hydrogens (tertiary/aromatic N) is 3. The van der Waals surface area contributed by atoms with Gasteiger partial charge in [0.1, 0.15) is 23.3 Å². The molecular formula is C22H23Cl2N3O4. The van der Waals surface area contributed by atoms with Gasteiger partial charge in [0.15, 0.2) is 0 Å². The Bertz CT molecular complexity index is 1070. The summed E-state index contributed by atoms with van der Waals surface area (Å²) in [6.07, 6.45) is 0.481. The molecule has 1 amide bonds. The van der Waals surface area contributed by atoms with Crippen molar-refractivity contribution in [1.29, 1.82) is 5.26 Å². The molecule has 0 spiro atoms. The van der Waals surface area contributed by atoms with E-state index in [1.165, 1.54) is 15.5 Å². The van der Waals surface area contributed by atoms with E-state index in [4.69, 9.17) is 32.7 Å². The van der Waals surface area contributed by atoms with E-state index in [2.05, 4.69) is 0 Å². The Balaban J connectivity index is 2.06. The van der Waals surface area contributed by atoms with Crippen LogP contribution >= 0.6 is 23.2 Å². The van der Waals surface area contributed by atoms with Crippen LogP contribution in [0.25, 0.3) is 0 Å². The number of carbonyl (C=O) groups excluding carboxylic acids is 1. The topological polar surface area (TPSA) is 84.6 Å². The van der Waals surface area contributed by atoms with Crippen LogP contribution in [-0.2, 0) is 9.47 Å². The highest BCUT2D eigenvalue weighted by molar-refractivity contribution is 6.42. The second-order valence-corrected chi connectivity index (χ2v) is 9.02. The molecular weight excluding hydrogens is 441 g/mol. The first-order valence-electron chi connectivity index (χ1n) is 9.76. The van der Waals surface area contributed by atoms with Gasteiger partial charge < -0.3 is 18.9 Å². The maximum absolute atomic E-state index is 12.9. The molecule has 1 saturated heterocycles. The van der Waals surface area contributed by atoms with Crippen LogP contribution in [0.2, 0.25) is 10.0 Å². The highest BCUT2D eigenvalue weighted by atomic mass is 35.5. The van der Waals surface area contributed by atoms with Crippen LogP contribution in [-0.4, -0.2) is 40.9 Å². The summed E-state index contributed by atoms with van der Waals surface area (Å²) in [6, 6.07) is 9.48. The van der Waals surface area contributed by atoms with Gasteiger partial charge in [0.25, 0.3) is 5.56 Å². The van der Waals surface area contributed by atoms with E-state index in [9.17, 15) is 14.9 Å². The van der Waals surface area contributed by atoms with Gasteiger partial charge in [-0.2, -0.15) is 5.26 Å². The largest absolute Gasteiger partial charge is 0.444 e. The molecule has 1 aromatic carbocycles. The number of ether oxygens (including phenoxy) is 2. The maximum atomic E-state index is 12.9. The quantitative estimate of drug-likeness (QED) is 0.650. The van der Waals surface area contributed by atoms with E-state index < -0.39 is 29.4 Å². The highest BCUT2D eigenvalue weighted by Gasteiger charge is 2.35. The van der Waals surface area contributed by atoms with Crippen molar-refractivity contribution in [2.45, 2.75) is 38.5 Å². The molecule has 2 unspecified atom stereocenters. The third kappa shape index (κ3) is 5.40. The summed E-state index contributed by atoms with van der Waals surface area (Å²) in [5.41, 5.74) is -0.418. The summed E-state index contributed by atoms with van der Waals surface area (Å²) >= 11 is 12.3. The summed E-state index contributed by atoms with van der Waals surface area (Å²) in [5, 5.41) is 10.1. The molecule has 2 atom stereocenters. The molecule has 0 N–H and O–H groups in total. The minimum atomic E-state index is -0.666. The summed E-state index contributed by atoms with van der Waals surface area (Å²) in [5.74, 6) is 0. The molecule has 164 valence electrons. The van der Waals surface area contributed by atoms with Gasteiger partial charge in [0, 0.05) is 19.3 Å². The number of hydrogen-bond donors (Lipinski definition) is 0. The van der Waals surface area contributed by atoms with Gasteiger partial charge in [-0.3, -0.25) is 4.79 Å². The Morgan fingerprint density at radius 3 is 2.65 bits per heavy atom. The van der Waals surface area contributed by atoms with E-state index in [0.717, 1.165) is 0 Å². The van der Waals surface area contributed by atoms with E-state index >= 15 is 0 Å². The lowest BCUT2D eigenvalue weighted by Crippen LogP contribution is -2.42. The lowest BCUT2D eigenvalue weighted by atomic mass is 10.0. The van der Waals surface area contributed by atoms with Crippen molar-refractivity contribution in [3.63, 3.8) is 0 Å². The van der Waals surface area contributed by atoms with Crippen molar-refractivity contribution in [1.82, 2.24) is 9.47 Å². The number of hydrogen-bond acceptors (Lipinski definition) is 5. The van der Waals surface area contributed by atoms with Crippen LogP contribution in [0.15, 0.2) is 41.3 Å². The van der Waals surface area contributed by atoms with Gasteiger partial charge in [-0.1, -0.05) is 29.3 Å². The fraction of sp³-hybridized carbons (Fsp3) is 0.409. The molecule has 0 saturated carbocycles. The van der Waals surface area contributed by atoms with Crippen LogP contribution < -0.4 is 5.56 Å². The molecule has 1 aliphatic heterocycles. The Morgan fingerprint density at radius 1 is 1.26 bits per heavy atom. The first-order chi connectivity index (χ1) is 14.6. The summed E-state index contributed by atoms with van der Waals surface area (Å²) in [4.78, 5) is 27.2. The van der Waals surface area contributed by atoms with Gasteiger partial charge in [-0.05, 0) is 50.6 Å². The van der Waals surface area contributed by atoms with Gasteiger partial charge >= 0.3 is 6.09 Å². The van der Waals surface area contributed by atoms with Crippen LogP contribution in [0.3, 0.4) is 0 Å². The fourth-order valence-corrected chi connectivity index (χ4v) is 3.71. The van der Waals surface area contributed by atoms with E-state index in [1.807, 2.05) is 6.07 Å². The van der Waals surface area contributed by atoms with E-state index in [0.29, 0.717) is 15.6 Å². The number of carbonyl (C=O) groups is 1. The Hall–Kier alpha value is -2.53. The van der Waals surface area contributed by atoms with E-state index in [-0.39, 0.29) is 25.3 Å². The Labute approximate surface area is 190 Å². The summed E-state index contributed by atoms with van der Waals surface area (Å²) in [7, 11) is 0. The zero-order valence-electron chi connectivity index (χ0n) is 17.5. The number of amides is 1. The monoisotopic (exact) mass is 463 g/mol. The van der Waals surface area contributed by atoms with Crippen molar-refractivity contribution >= 4 is 29.3 Å². The van der Waals surface area contributed by atoms with Crippen molar-refractivity contribution < 1.29 is 14.3 Å². The molecule has 7 nitrogen and oxygen atoms in total. The molecule has 1 fully saturated rings. The number of nitriles is 1. The number of halogens is 2. The molecule has 0 radical (unpaired) electrons. The zero-order chi connectivity index (χ0) is 22.8. The summed E-state index contributed by atoms with van der Waals surface area (Å²) in [6.45, 7) is 6.03. The third-order valence-corrected chi connectivity index (χ3v) is 5.53. The number of rotatable bonds is 2. The molecule has 9 heteroatoms. The normalized spacial score (nSPS) is 19.4. The Morgan fingerprint density at radius 2 is 2.00 bits per heavy atom. The minimum Gasteiger partial charge on any atom is -0.444 e. The van der Waals surface area contributed by atoms with Crippen molar-refractivity contribution in [3.05, 3.63) is 68.1 Å². The van der Waals surface area contributed by atoms with Crippen LogP contribution in [0.5, 0.6) is 0 Å². The second kappa shape index (κ2) is 9.31. The van der Waals surface area contributed by atoms with Crippen molar-refractivity contribution in [3.8, 4) is 6.07 Å². The average Bonchev–Trinajstić information content (AvgIpc) is 2.92. The number of aromatic nitrogens is 1. The van der Waals surface area contributed by atoms with Crippen LogP contribution in [0.4, 0.5) is 4.79 Å². The first-order valence-corrected chi connectivity index (χ1v) is 10.5. The lowest BCUT2D eigenvalue weighted by molar-refractivity contribution is 0.0231. The van der Waals surface area contributed by atoms with Gasteiger partial charge in [0.2, 0.25) is 0 Å². The van der Waals surface area contributed by atoms with Crippen LogP contribution in [0, 0.1) is 11.3 Å². The molecule has 1 aliphatic rings. The molecule has 3 rings (SSSR count). The minimum absolute atomic E-state index is 0.00320. The smallest absolute Gasteiger partial charge is 0.410 e. The number of benzene rings is 1. The van der Waals surface area contributed by atoms with E-state index in [1.54, 1.807) is 51.2 Å². The molecule has 1 aromatic heterocycles. The second-order valence-electron chi connectivity index (χ2n) is 8.20. The number of pyridine rings is 1. The molecule has 31 heavy (non-hydrogen) atoms. The van der Waals surface area contributed by atoms with Gasteiger partial charge in [-0.25, -0.2) is 4.79 Å². The molecule has 0 aliphatic carbocycles. The molecule has 2 heterocycles. The summed E-state index contributed by atoms with van der Waals surface area (Å²) < 4.78 is 13.0. The third-order valence-electron chi connectivity index (χ3n) is 4.79. The predicted molar refractivity (Wildman–Crippen MR) is 117 cm³/mol. The van der Waals surface area contributed by atoms with Crippen LogP contribution in [0.1, 0.15) is 44.0 Å². The first kappa shape index (κ1) is 23.1. The van der Waals surface area contributed by atoms with Gasteiger partial charge in [0.05, 0.1) is 22.7 Å². The fourth-order valence-electron chi connectivity index (χ4n) is 3.40. The predicted octanol–water partition coefficient (Wildman–Crippen LogP) is 4.58. The van der Waals surface area contributed by atoms with Crippen molar-refractivity contribution in [2.75, 3.05) is 19.7 Å². The SMILES string of the molecule is CC(C)(C)OC(=O)N1CCOC(c2ccc(Cl)c(Cl)c2)C(n2cccc(C#N)c2=O)C1. The zero-order valence-corrected chi connectivity index (χ0v) is 19.0. The lowest BCUT2D eigenvalue weighted by Gasteiger charge is -2.31.